The number of benzene rings is 2. The van der Waals surface area contributed by atoms with Crippen molar-refractivity contribution in [1.82, 2.24) is 0 Å². The molecule has 0 N–H and O–H groups in total. The fraction of sp³-hybridized carbons (Fsp3) is 0.393. The van der Waals surface area contributed by atoms with Gasteiger partial charge in [-0.05, 0) is 99.3 Å². The zero-order chi connectivity index (χ0) is 21.8. The lowest BCUT2D eigenvalue weighted by Crippen LogP contribution is -2.27. The Bertz CT molecular complexity index is 937. The van der Waals surface area contributed by atoms with E-state index in [0.717, 1.165) is 23.7 Å². The first-order chi connectivity index (χ1) is 15.0. The number of allylic oxidation sites excluding steroid dienone is 3. The molecule has 162 valence electrons. The lowest BCUT2D eigenvalue weighted by Gasteiger charge is -2.33. The lowest BCUT2D eigenvalue weighted by atomic mass is 9.72. The number of rotatable bonds is 6. The standard InChI is InChI=1S/C28H33NO2/c1-4-20(2)21(3)22-10-12-23(13-11-22)24-18-28(30)29(19-24)25-14-16-27(17-15-25)31-26-8-6-5-7-9-26/h4-9,14-17,22-24H,3,10-13,18-19H2,1-2H3. The van der Waals surface area contributed by atoms with Crippen LogP contribution >= 0.6 is 0 Å². The molecule has 1 atom stereocenters. The van der Waals surface area contributed by atoms with Crippen LogP contribution in [0.15, 0.2) is 78.4 Å². The van der Waals surface area contributed by atoms with Gasteiger partial charge in [-0.1, -0.05) is 36.4 Å². The highest BCUT2D eigenvalue weighted by molar-refractivity contribution is 5.95. The van der Waals surface area contributed by atoms with Gasteiger partial charge in [0.05, 0.1) is 0 Å². The average Bonchev–Trinajstić information content (AvgIpc) is 3.21. The largest absolute Gasteiger partial charge is 0.457 e. The van der Waals surface area contributed by atoms with E-state index in [4.69, 9.17) is 4.74 Å². The monoisotopic (exact) mass is 415 g/mol. The van der Waals surface area contributed by atoms with Gasteiger partial charge in [-0.15, -0.1) is 0 Å². The van der Waals surface area contributed by atoms with E-state index >= 15 is 0 Å². The first-order valence-corrected chi connectivity index (χ1v) is 11.5. The quantitative estimate of drug-likeness (QED) is 0.468. The van der Waals surface area contributed by atoms with E-state index in [-0.39, 0.29) is 5.91 Å². The number of amides is 1. The molecule has 0 aromatic heterocycles. The number of hydrogen-bond donors (Lipinski definition) is 0. The van der Waals surface area contributed by atoms with Gasteiger partial charge in [0.15, 0.2) is 0 Å². The molecule has 2 fully saturated rings. The number of para-hydroxylation sites is 1. The maximum atomic E-state index is 12.8. The zero-order valence-electron chi connectivity index (χ0n) is 18.7. The molecule has 1 aliphatic carbocycles. The van der Waals surface area contributed by atoms with E-state index in [2.05, 4.69) is 26.5 Å². The van der Waals surface area contributed by atoms with E-state index < -0.39 is 0 Å². The second-order valence-electron chi connectivity index (χ2n) is 8.99. The summed E-state index contributed by atoms with van der Waals surface area (Å²) in [4.78, 5) is 14.7. The minimum atomic E-state index is 0.248. The van der Waals surface area contributed by atoms with Crippen molar-refractivity contribution in [3.63, 3.8) is 0 Å². The van der Waals surface area contributed by atoms with Gasteiger partial charge in [-0.2, -0.15) is 0 Å². The van der Waals surface area contributed by atoms with Crippen LogP contribution in [0, 0.1) is 17.8 Å². The molecule has 3 heteroatoms. The maximum Gasteiger partial charge on any atom is 0.227 e. The minimum Gasteiger partial charge on any atom is -0.457 e. The van der Waals surface area contributed by atoms with Crippen LogP contribution in [-0.2, 0) is 4.79 Å². The molecule has 1 heterocycles. The molecular weight excluding hydrogens is 382 g/mol. The van der Waals surface area contributed by atoms with Crippen molar-refractivity contribution < 1.29 is 9.53 Å². The normalized spacial score (nSPS) is 24.3. The van der Waals surface area contributed by atoms with Crippen molar-refractivity contribution in [1.29, 1.82) is 0 Å². The third-order valence-electron chi connectivity index (χ3n) is 7.15. The number of carbonyl (C=O) groups is 1. The summed E-state index contributed by atoms with van der Waals surface area (Å²) in [6, 6.07) is 17.6. The van der Waals surface area contributed by atoms with Gasteiger partial charge in [0.25, 0.3) is 0 Å². The predicted octanol–water partition coefficient (Wildman–Crippen LogP) is 7.16. The van der Waals surface area contributed by atoms with Crippen LogP contribution in [0.3, 0.4) is 0 Å². The van der Waals surface area contributed by atoms with Crippen LogP contribution in [-0.4, -0.2) is 12.5 Å². The third kappa shape index (κ3) is 4.92. The fourth-order valence-corrected chi connectivity index (χ4v) is 5.07. The molecule has 2 aromatic rings. The van der Waals surface area contributed by atoms with Crippen LogP contribution in [0.1, 0.15) is 46.0 Å². The fourth-order valence-electron chi connectivity index (χ4n) is 5.07. The van der Waals surface area contributed by atoms with E-state index in [0.29, 0.717) is 24.2 Å². The first-order valence-electron chi connectivity index (χ1n) is 11.5. The third-order valence-corrected chi connectivity index (χ3v) is 7.15. The smallest absolute Gasteiger partial charge is 0.227 e. The van der Waals surface area contributed by atoms with Crippen LogP contribution in [0.4, 0.5) is 5.69 Å². The Kier molecular flexibility index (Phi) is 6.60. The van der Waals surface area contributed by atoms with Gasteiger partial charge in [0.1, 0.15) is 11.5 Å². The van der Waals surface area contributed by atoms with E-state index in [1.165, 1.54) is 36.8 Å². The second kappa shape index (κ2) is 9.55. The second-order valence-corrected chi connectivity index (χ2v) is 8.99. The Morgan fingerprint density at radius 3 is 2.26 bits per heavy atom. The van der Waals surface area contributed by atoms with Crippen molar-refractivity contribution >= 4 is 11.6 Å². The SMILES string of the molecule is C=C(C(C)=CC)C1CCC(C2CC(=O)N(c3ccc(Oc4ccccc4)cc3)C2)CC1. The topological polar surface area (TPSA) is 29.5 Å². The Hall–Kier alpha value is -2.81. The molecule has 0 radical (unpaired) electrons. The molecule has 1 unspecified atom stereocenters. The van der Waals surface area contributed by atoms with Crippen molar-refractivity contribution in [2.45, 2.75) is 46.0 Å². The molecule has 1 saturated carbocycles. The highest BCUT2D eigenvalue weighted by Crippen LogP contribution is 2.41. The summed E-state index contributed by atoms with van der Waals surface area (Å²) < 4.78 is 5.88. The molecule has 0 bridgehead atoms. The van der Waals surface area contributed by atoms with Crippen molar-refractivity contribution in [2.75, 3.05) is 11.4 Å². The molecule has 2 aromatic carbocycles. The zero-order valence-corrected chi connectivity index (χ0v) is 18.7. The molecule has 3 nitrogen and oxygen atoms in total. The van der Waals surface area contributed by atoms with Gasteiger partial charge < -0.3 is 9.64 Å². The average molecular weight is 416 g/mol. The van der Waals surface area contributed by atoms with Gasteiger partial charge in [-0.3, -0.25) is 4.79 Å². The molecule has 2 aliphatic rings. The highest BCUT2D eigenvalue weighted by Gasteiger charge is 2.37. The summed E-state index contributed by atoms with van der Waals surface area (Å²) in [6.07, 6.45) is 7.65. The molecular formula is C28H33NO2. The molecule has 1 amide bonds. The number of carbonyl (C=O) groups excluding carboxylic acids is 1. The van der Waals surface area contributed by atoms with Crippen LogP contribution in [0.25, 0.3) is 0 Å². The molecule has 4 rings (SSSR count). The summed E-state index contributed by atoms with van der Waals surface area (Å²) >= 11 is 0. The minimum absolute atomic E-state index is 0.248. The molecule has 1 aliphatic heterocycles. The molecule has 0 spiro atoms. The van der Waals surface area contributed by atoms with Gasteiger partial charge in [0.2, 0.25) is 5.91 Å². The summed E-state index contributed by atoms with van der Waals surface area (Å²) in [5.74, 6) is 3.56. The van der Waals surface area contributed by atoms with Crippen LogP contribution in [0.2, 0.25) is 0 Å². The number of hydrogen-bond acceptors (Lipinski definition) is 2. The number of anilines is 1. The van der Waals surface area contributed by atoms with Crippen molar-refractivity contribution in [3.8, 4) is 11.5 Å². The summed E-state index contributed by atoms with van der Waals surface area (Å²) in [6.45, 7) is 9.42. The Morgan fingerprint density at radius 1 is 0.968 bits per heavy atom. The molecule has 1 saturated heterocycles. The Morgan fingerprint density at radius 2 is 1.61 bits per heavy atom. The first kappa shape index (κ1) is 21.4. The van der Waals surface area contributed by atoms with Crippen LogP contribution < -0.4 is 9.64 Å². The van der Waals surface area contributed by atoms with E-state index in [1.54, 1.807) is 0 Å². The summed E-state index contributed by atoms with van der Waals surface area (Å²) in [5.41, 5.74) is 3.60. The Labute approximate surface area is 186 Å². The van der Waals surface area contributed by atoms with Crippen molar-refractivity contribution in [3.05, 3.63) is 78.4 Å². The van der Waals surface area contributed by atoms with Crippen molar-refractivity contribution in [2.24, 2.45) is 17.8 Å². The number of nitrogens with zero attached hydrogens (tertiary/aromatic N) is 1. The van der Waals surface area contributed by atoms with E-state index in [9.17, 15) is 4.79 Å². The number of ether oxygens (including phenoxy) is 1. The molecule has 31 heavy (non-hydrogen) atoms. The van der Waals surface area contributed by atoms with Gasteiger partial charge in [0, 0.05) is 18.7 Å². The summed E-state index contributed by atoms with van der Waals surface area (Å²) in [5, 5.41) is 0. The Balaban J connectivity index is 1.34. The maximum absolute atomic E-state index is 12.8. The van der Waals surface area contributed by atoms with E-state index in [1.807, 2.05) is 59.5 Å². The lowest BCUT2D eigenvalue weighted by molar-refractivity contribution is -0.117. The predicted molar refractivity (Wildman–Crippen MR) is 127 cm³/mol. The summed E-state index contributed by atoms with van der Waals surface area (Å²) in [7, 11) is 0. The van der Waals surface area contributed by atoms with Gasteiger partial charge in [-0.25, -0.2) is 0 Å². The van der Waals surface area contributed by atoms with Crippen LogP contribution in [0.5, 0.6) is 11.5 Å². The highest BCUT2D eigenvalue weighted by atomic mass is 16.5. The van der Waals surface area contributed by atoms with Gasteiger partial charge >= 0.3 is 0 Å².